The monoisotopic (exact) mass is 419 g/mol. The van der Waals surface area contributed by atoms with Gasteiger partial charge in [-0.05, 0) is 31.0 Å². The molecule has 0 radical (unpaired) electrons. The molecule has 2 rings (SSSR count). The lowest BCUT2D eigenvalue weighted by atomic mass is 10.1. The van der Waals surface area contributed by atoms with E-state index in [2.05, 4.69) is 10.5 Å². The van der Waals surface area contributed by atoms with Crippen molar-refractivity contribution in [3.63, 3.8) is 0 Å². The van der Waals surface area contributed by atoms with Gasteiger partial charge >= 0.3 is 0 Å². The number of halogens is 1. The Bertz CT molecular complexity index is 917. The smallest absolute Gasteiger partial charge is 0.273 e. The molecule has 2 aromatic rings. The number of benzene rings is 2. The molecule has 0 saturated carbocycles. The highest BCUT2D eigenvalue weighted by Crippen LogP contribution is 2.37. The van der Waals surface area contributed by atoms with Crippen LogP contribution in [0.5, 0.6) is 11.5 Å². The molecule has 0 heterocycles. The van der Waals surface area contributed by atoms with Gasteiger partial charge in [0.15, 0.2) is 11.5 Å². The summed E-state index contributed by atoms with van der Waals surface area (Å²) in [7, 11) is 1.50. The van der Waals surface area contributed by atoms with E-state index in [0.29, 0.717) is 27.6 Å². The van der Waals surface area contributed by atoms with Crippen molar-refractivity contribution < 1.29 is 19.2 Å². The first kappa shape index (κ1) is 22.2. The molecule has 0 fully saturated rings. The highest BCUT2D eigenvalue weighted by Gasteiger charge is 2.16. The summed E-state index contributed by atoms with van der Waals surface area (Å²) >= 11 is 6.29. The molecule has 9 heteroatoms. The lowest BCUT2D eigenvalue weighted by molar-refractivity contribution is -0.385. The molecular weight excluding hydrogens is 398 g/mol. The molecule has 0 bridgehead atoms. The molecule has 1 N–H and O–H groups in total. The van der Waals surface area contributed by atoms with Crippen molar-refractivity contribution in [3.05, 3.63) is 62.7 Å². The number of hydrogen-bond donors (Lipinski definition) is 1. The van der Waals surface area contributed by atoms with Gasteiger partial charge in [-0.25, -0.2) is 5.43 Å². The third-order valence-corrected chi connectivity index (χ3v) is 4.37. The number of para-hydroxylation sites is 1. The van der Waals surface area contributed by atoms with Gasteiger partial charge in [-0.2, -0.15) is 5.10 Å². The van der Waals surface area contributed by atoms with Gasteiger partial charge in [-0.1, -0.05) is 36.7 Å². The Morgan fingerprint density at radius 1 is 1.38 bits per heavy atom. The van der Waals surface area contributed by atoms with Gasteiger partial charge in [-0.3, -0.25) is 14.9 Å². The molecule has 0 aromatic heterocycles. The third kappa shape index (κ3) is 6.18. The van der Waals surface area contributed by atoms with Crippen LogP contribution in [0.15, 0.2) is 41.5 Å². The summed E-state index contributed by atoms with van der Waals surface area (Å²) in [5.41, 5.74) is 3.14. The fraction of sp³-hybridized carbons (Fsp3) is 0.300. The topological polar surface area (TPSA) is 103 Å². The molecule has 8 nitrogen and oxygen atoms in total. The van der Waals surface area contributed by atoms with Crippen LogP contribution >= 0.6 is 11.6 Å². The summed E-state index contributed by atoms with van der Waals surface area (Å²) in [5.74, 6) is 0.414. The molecule has 1 amide bonds. The van der Waals surface area contributed by atoms with Gasteiger partial charge in [0.2, 0.25) is 5.91 Å². The van der Waals surface area contributed by atoms with E-state index < -0.39 is 10.8 Å². The Balaban J connectivity index is 2.07. The SMILES string of the molecule is CC[C@H](C)Oc1c(Cl)cc(/C=N/NC(=O)Cc2ccccc2[N+](=O)[O-])cc1OC. The predicted molar refractivity (Wildman–Crippen MR) is 111 cm³/mol. The van der Waals surface area contributed by atoms with E-state index in [9.17, 15) is 14.9 Å². The molecule has 1 atom stereocenters. The molecule has 0 saturated heterocycles. The van der Waals surface area contributed by atoms with Gasteiger partial charge in [0.05, 0.1) is 35.8 Å². The average molecular weight is 420 g/mol. The number of nitrogens with one attached hydrogen (secondary N) is 1. The van der Waals surface area contributed by atoms with Crippen LogP contribution in [0.2, 0.25) is 5.02 Å². The first-order valence-electron chi connectivity index (χ1n) is 8.94. The number of nitro benzene ring substituents is 1. The average Bonchev–Trinajstić information content (AvgIpc) is 2.69. The Hall–Kier alpha value is -3.13. The normalized spacial score (nSPS) is 11.9. The summed E-state index contributed by atoms with van der Waals surface area (Å²) in [5, 5.41) is 15.3. The lowest BCUT2D eigenvalue weighted by Crippen LogP contribution is -2.20. The lowest BCUT2D eigenvalue weighted by Gasteiger charge is -2.17. The molecule has 0 unspecified atom stereocenters. The number of methoxy groups -OCH3 is 1. The Kier molecular flexibility index (Phi) is 7.97. The fourth-order valence-corrected chi connectivity index (χ4v) is 2.71. The Labute approximate surface area is 173 Å². The molecule has 0 aliphatic rings. The van der Waals surface area contributed by atoms with E-state index in [1.165, 1.54) is 25.5 Å². The van der Waals surface area contributed by atoms with Gasteiger partial charge in [0.1, 0.15) is 0 Å². The second kappa shape index (κ2) is 10.4. The van der Waals surface area contributed by atoms with E-state index in [0.717, 1.165) is 6.42 Å². The molecule has 0 spiro atoms. The standard InChI is InChI=1S/C20H22ClN3O5/c1-4-13(2)29-20-16(21)9-14(10-18(20)28-3)12-22-23-19(25)11-15-7-5-6-8-17(15)24(26)27/h5-10,12-13H,4,11H2,1-3H3,(H,23,25)/b22-12+/t13-/m0/s1. The van der Waals surface area contributed by atoms with Gasteiger partial charge in [0.25, 0.3) is 5.69 Å². The largest absolute Gasteiger partial charge is 0.493 e. The van der Waals surface area contributed by atoms with Crippen molar-refractivity contribution in [3.8, 4) is 11.5 Å². The number of rotatable bonds is 9. The van der Waals surface area contributed by atoms with Crippen LogP contribution in [0.4, 0.5) is 5.69 Å². The van der Waals surface area contributed by atoms with Crippen LogP contribution in [0.3, 0.4) is 0 Å². The Morgan fingerprint density at radius 3 is 2.76 bits per heavy atom. The molecule has 0 aliphatic heterocycles. The van der Waals surface area contributed by atoms with E-state index in [1.54, 1.807) is 24.3 Å². The minimum atomic E-state index is -0.525. The maximum atomic E-state index is 12.1. The van der Waals surface area contributed by atoms with Crippen LogP contribution in [0.1, 0.15) is 31.4 Å². The van der Waals surface area contributed by atoms with Crippen molar-refractivity contribution in [1.82, 2.24) is 5.43 Å². The number of hydrazone groups is 1. The van der Waals surface area contributed by atoms with E-state index in [-0.39, 0.29) is 18.2 Å². The zero-order valence-corrected chi connectivity index (χ0v) is 17.1. The summed E-state index contributed by atoms with van der Waals surface area (Å²) in [4.78, 5) is 22.6. The van der Waals surface area contributed by atoms with E-state index in [1.807, 2.05) is 13.8 Å². The molecule has 29 heavy (non-hydrogen) atoms. The maximum Gasteiger partial charge on any atom is 0.273 e. The highest BCUT2D eigenvalue weighted by atomic mass is 35.5. The second-order valence-corrected chi connectivity index (χ2v) is 6.63. The number of carbonyl (C=O) groups excluding carboxylic acids is 1. The zero-order valence-electron chi connectivity index (χ0n) is 16.3. The predicted octanol–water partition coefficient (Wildman–Crippen LogP) is 4.13. The summed E-state index contributed by atoms with van der Waals surface area (Å²) in [6.07, 6.45) is 2.02. The minimum absolute atomic E-state index is 0.0257. The third-order valence-electron chi connectivity index (χ3n) is 4.09. The van der Waals surface area contributed by atoms with Crippen molar-refractivity contribution in [2.45, 2.75) is 32.8 Å². The number of nitro groups is 1. The van der Waals surface area contributed by atoms with Crippen LogP contribution in [0.25, 0.3) is 0 Å². The van der Waals surface area contributed by atoms with Gasteiger partial charge < -0.3 is 9.47 Å². The first-order valence-corrected chi connectivity index (χ1v) is 9.31. The molecular formula is C20H22ClN3O5. The van der Waals surface area contributed by atoms with E-state index >= 15 is 0 Å². The Morgan fingerprint density at radius 2 is 2.10 bits per heavy atom. The van der Waals surface area contributed by atoms with Crippen LogP contribution < -0.4 is 14.9 Å². The van der Waals surface area contributed by atoms with E-state index in [4.69, 9.17) is 21.1 Å². The summed E-state index contributed by atoms with van der Waals surface area (Å²) < 4.78 is 11.1. The minimum Gasteiger partial charge on any atom is -0.493 e. The van der Waals surface area contributed by atoms with Crippen molar-refractivity contribution in [2.75, 3.05) is 7.11 Å². The molecule has 2 aromatic carbocycles. The first-order chi connectivity index (χ1) is 13.8. The molecule has 154 valence electrons. The van der Waals surface area contributed by atoms with Gasteiger partial charge in [0, 0.05) is 11.6 Å². The van der Waals surface area contributed by atoms with Crippen molar-refractivity contribution in [2.24, 2.45) is 5.10 Å². The quantitative estimate of drug-likeness (QED) is 0.374. The zero-order chi connectivity index (χ0) is 21.4. The summed E-state index contributed by atoms with van der Waals surface area (Å²) in [6.45, 7) is 3.93. The number of nitrogens with zero attached hydrogens (tertiary/aromatic N) is 2. The van der Waals surface area contributed by atoms with Crippen molar-refractivity contribution >= 4 is 29.4 Å². The van der Waals surface area contributed by atoms with Crippen LogP contribution in [-0.2, 0) is 11.2 Å². The van der Waals surface area contributed by atoms with Gasteiger partial charge in [-0.15, -0.1) is 0 Å². The van der Waals surface area contributed by atoms with Crippen molar-refractivity contribution in [1.29, 1.82) is 0 Å². The number of hydrogen-bond acceptors (Lipinski definition) is 6. The second-order valence-electron chi connectivity index (χ2n) is 6.23. The van der Waals surface area contributed by atoms with Crippen LogP contribution in [-0.4, -0.2) is 30.3 Å². The number of amides is 1. The molecule has 0 aliphatic carbocycles. The number of carbonyl (C=O) groups is 1. The maximum absolute atomic E-state index is 12.1. The fourth-order valence-electron chi connectivity index (χ4n) is 2.44. The number of ether oxygens (including phenoxy) is 2. The van der Waals surface area contributed by atoms with Crippen LogP contribution in [0, 0.1) is 10.1 Å². The highest BCUT2D eigenvalue weighted by molar-refractivity contribution is 6.32. The summed E-state index contributed by atoms with van der Waals surface area (Å²) in [6, 6.07) is 9.38.